The third kappa shape index (κ3) is 4.18. The van der Waals surface area contributed by atoms with Gasteiger partial charge in [0.05, 0.1) is 23.8 Å². The van der Waals surface area contributed by atoms with Gasteiger partial charge < -0.3 is 19.7 Å². The summed E-state index contributed by atoms with van der Waals surface area (Å²) in [6.07, 6.45) is 0.857. The number of aromatic nitrogens is 2. The highest BCUT2D eigenvalue weighted by molar-refractivity contribution is 6.33. The van der Waals surface area contributed by atoms with Crippen molar-refractivity contribution in [2.24, 2.45) is 5.92 Å². The largest absolute Gasteiger partial charge is 0.390 e. The molecule has 1 aliphatic carbocycles. The number of ether oxygens (including phenoxy) is 1. The SMILES string of the molecule is COC1CC(C(=O)NCc2nc(-c3ccccc3Cl)no2)CCC1O. The van der Waals surface area contributed by atoms with Crippen LogP contribution in [0.5, 0.6) is 0 Å². The summed E-state index contributed by atoms with van der Waals surface area (Å²) < 4.78 is 10.4. The highest BCUT2D eigenvalue weighted by Gasteiger charge is 2.32. The number of carbonyl (C=O) groups excluding carboxylic acids is 1. The number of hydrogen-bond acceptors (Lipinski definition) is 6. The lowest BCUT2D eigenvalue weighted by atomic mass is 9.84. The predicted molar refractivity (Wildman–Crippen MR) is 90.7 cm³/mol. The molecule has 0 radical (unpaired) electrons. The first-order valence-electron chi connectivity index (χ1n) is 8.14. The number of aliphatic hydroxyl groups is 1. The molecule has 2 aromatic rings. The van der Waals surface area contributed by atoms with Crippen LogP contribution in [-0.2, 0) is 16.1 Å². The number of aliphatic hydroxyl groups excluding tert-OH is 1. The van der Waals surface area contributed by atoms with E-state index in [0.29, 0.717) is 41.6 Å². The van der Waals surface area contributed by atoms with Crippen LogP contribution in [0.25, 0.3) is 11.4 Å². The van der Waals surface area contributed by atoms with Crippen molar-refractivity contribution in [3.05, 3.63) is 35.2 Å². The van der Waals surface area contributed by atoms with Crippen LogP contribution in [0, 0.1) is 5.92 Å². The van der Waals surface area contributed by atoms with Gasteiger partial charge in [-0.15, -0.1) is 0 Å². The zero-order valence-electron chi connectivity index (χ0n) is 13.8. The fourth-order valence-corrected chi connectivity index (χ4v) is 3.21. The van der Waals surface area contributed by atoms with Gasteiger partial charge in [0, 0.05) is 18.6 Å². The molecule has 3 atom stereocenters. The Morgan fingerprint density at radius 1 is 1.44 bits per heavy atom. The molecule has 3 rings (SSSR count). The molecule has 1 fully saturated rings. The molecular formula is C17H20ClN3O4. The molecule has 1 heterocycles. The number of nitrogens with one attached hydrogen (secondary N) is 1. The lowest BCUT2D eigenvalue weighted by Gasteiger charge is -2.31. The minimum absolute atomic E-state index is 0.105. The summed E-state index contributed by atoms with van der Waals surface area (Å²) in [7, 11) is 1.54. The Balaban J connectivity index is 1.57. The van der Waals surface area contributed by atoms with Crippen molar-refractivity contribution >= 4 is 17.5 Å². The average Bonchev–Trinajstić information content (AvgIpc) is 3.09. The highest BCUT2D eigenvalue weighted by Crippen LogP contribution is 2.27. The van der Waals surface area contributed by atoms with Crippen LogP contribution in [0.1, 0.15) is 25.2 Å². The first-order valence-corrected chi connectivity index (χ1v) is 8.52. The number of methoxy groups -OCH3 is 1. The Morgan fingerprint density at radius 3 is 3.00 bits per heavy atom. The van der Waals surface area contributed by atoms with Crippen molar-refractivity contribution in [1.82, 2.24) is 15.5 Å². The number of rotatable bonds is 5. The van der Waals surface area contributed by atoms with E-state index in [0.717, 1.165) is 0 Å². The van der Waals surface area contributed by atoms with E-state index in [1.807, 2.05) is 12.1 Å². The quantitative estimate of drug-likeness (QED) is 0.842. The van der Waals surface area contributed by atoms with E-state index in [2.05, 4.69) is 15.5 Å². The third-order valence-corrected chi connectivity index (χ3v) is 4.76. The lowest BCUT2D eigenvalue weighted by molar-refractivity contribution is -0.130. The molecule has 1 amide bonds. The Kier molecular flexibility index (Phi) is 5.67. The zero-order chi connectivity index (χ0) is 17.8. The van der Waals surface area contributed by atoms with Gasteiger partial charge in [0.1, 0.15) is 0 Å². The van der Waals surface area contributed by atoms with Gasteiger partial charge in [0.25, 0.3) is 0 Å². The molecule has 7 nitrogen and oxygen atoms in total. The minimum atomic E-state index is -0.511. The van der Waals surface area contributed by atoms with Crippen LogP contribution in [0.2, 0.25) is 5.02 Å². The lowest BCUT2D eigenvalue weighted by Crippen LogP contribution is -2.41. The monoisotopic (exact) mass is 365 g/mol. The summed E-state index contributed by atoms with van der Waals surface area (Å²) in [5.41, 5.74) is 0.676. The normalized spacial score (nSPS) is 23.4. The summed E-state index contributed by atoms with van der Waals surface area (Å²) in [5, 5.41) is 17.0. The Labute approximate surface area is 150 Å². The van der Waals surface area contributed by atoms with Crippen LogP contribution >= 0.6 is 11.6 Å². The maximum atomic E-state index is 12.3. The number of halogens is 1. The van der Waals surface area contributed by atoms with E-state index in [1.165, 1.54) is 0 Å². The summed E-state index contributed by atoms with van der Waals surface area (Å²) >= 11 is 6.11. The molecule has 1 aromatic heterocycles. The highest BCUT2D eigenvalue weighted by atomic mass is 35.5. The zero-order valence-corrected chi connectivity index (χ0v) is 14.6. The number of benzene rings is 1. The van der Waals surface area contributed by atoms with E-state index in [-0.39, 0.29) is 24.5 Å². The summed E-state index contributed by atoms with van der Waals surface area (Å²) in [6.45, 7) is 0.146. The van der Waals surface area contributed by atoms with Crippen LogP contribution in [0.4, 0.5) is 0 Å². The fraction of sp³-hybridized carbons (Fsp3) is 0.471. The molecule has 1 aromatic carbocycles. The second-order valence-electron chi connectivity index (χ2n) is 6.06. The number of amides is 1. The van der Waals surface area contributed by atoms with Crippen molar-refractivity contribution < 1.29 is 19.2 Å². The Hall–Kier alpha value is -1.96. The van der Waals surface area contributed by atoms with Gasteiger partial charge in [0.2, 0.25) is 17.6 Å². The van der Waals surface area contributed by atoms with Gasteiger partial charge in [0.15, 0.2) is 0 Å². The summed E-state index contributed by atoms with van der Waals surface area (Å²) in [5.74, 6) is 0.392. The van der Waals surface area contributed by atoms with E-state index in [4.69, 9.17) is 20.9 Å². The molecule has 0 bridgehead atoms. The second-order valence-corrected chi connectivity index (χ2v) is 6.47. The molecule has 8 heteroatoms. The van der Waals surface area contributed by atoms with E-state index < -0.39 is 6.10 Å². The van der Waals surface area contributed by atoms with Crippen molar-refractivity contribution in [3.63, 3.8) is 0 Å². The van der Waals surface area contributed by atoms with Crippen molar-refractivity contribution in [1.29, 1.82) is 0 Å². The average molecular weight is 366 g/mol. The Morgan fingerprint density at radius 2 is 2.24 bits per heavy atom. The standard InChI is InChI=1S/C17H20ClN3O4/c1-24-14-8-10(6-7-13(14)22)17(23)19-9-15-20-16(21-25-15)11-4-2-3-5-12(11)18/h2-5,10,13-14,22H,6-9H2,1H3,(H,19,23). The molecule has 2 N–H and O–H groups in total. The van der Waals surface area contributed by atoms with Gasteiger partial charge >= 0.3 is 0 Å². The maximum absolute atomic E-state index is 12.3. The third-order valence-electron chi connectivity index (χ3n) is 4.43. The molecular weight excluding hydrogens is 346 g/mol. The first-order chi connectivity index (χ1) is 12.1. The maximum Gasteiger partial charge on any atom is 0.246 e. The van der Waals surface area contributed by atoms with Crippen molar-refractivity contribution in [3.8, 4) is 11.4 Å². The predicted octanol–water partition coefficient (Wildman–Crippen LogP) is 2.18. The number of nitrogens with zero attached hydrogens (tertiary/aromatic N) is 2. The molecule has 0 aliphatic heterocycles. The summed E-state index contributed by atoms with van der Waals surface area (Å²) in [6, 6.07) is 7.20. The molecule has 25 heavy (non-hydrogen) atoms. The minimum Gasteiger partial charge on any atom is -0.390 e. The summed E-state index contributed by atoms with van der Waals surface area (Å²) in [4.78, 5) is 16.6. The number of carbonyl (C=O) groups is 1. The fourth-order valence-electron chi connectivity index (χ4n) is 2.99. The van der Waals surface area contributed by atoms with E-state index in [1.54, 1.807) is 19.2 Å². The van der Waals surface area contributed by atoms with Crippen LogP contribution in [-0.4, -0.2) is 40.5 Å². The topological polar surface area (TPSA) is 97.5 Å². The van der Waals surface area contributed by atoms with Gasteiger partial charge in [-0.25, -0.2) is 0 Å². The smallest absolute Gasteiger partial charge is 0.246 e. The number of hydrogen-bond donors (Lipinski definition) is 2. The van der Waals surface area contributed by atoms with Crippen LogP contribution in [0.3, 0.4) is 0 Å². The molecule has 134 valence electrons. The second kappa shape index (κ2) is 7.95. The molecule has 1 saturated carbocycles. The van der Waals surface area contributed by atoms with Gasteiger partial charge in [-0.2, -0.15) is 4.98 Å². The Bertz CT molecular complexity index is 736. The molecule has 0 spiro atoms. The van der Waals surface area contributed by atoms with Crippen LogP contribution < -0.4 is 5.32 Å². The van der Waals surface area contributed by atoms with Gasteiger partial charge in [-0.05, 0) is 31.4 Å². The van der Waals surface area contributed by atoms with Crippen LogP contribution in [0.15, 0.2) is 28.8 Å². The first kappa shape index (κ1) is 17.8. The van der Waals surface area contributed by atoms with E-state index in [9.17, 15) is 9.90 Å². The molecule has 3 unspecified atom stereocenters. The molecule has 1 aliphatic rings. The van der Waals surface area contributed by atoms with Crippen molar-refractivity contribution in [2.75, 3.05) is 7.11 Å². The van der Waals surface area contributed by atoms with Crippen molar-refractivity contribution in [2.45, 2.75) is 38.0 Å². The van der Waals surface area contributed by atoms with E-state index >= 15 is 0 Å². The van der Waals surface area contributed by atoms with Gasteiger partial charge in [-0.3, -0.25) is 4.79 Å². The molecule has 0 saturated heterocycles. The van der Waals surface area contributed by atoms with Gasteiger partial charge in [-0.1, -0.05) is 28.9 Å².